The molecule has 1 nitrogen and oxygen atoms in total. The molecule has 88 valence electrons. The summed E-state index contributed by atoms with van der Waals surface area (Å²) in [4.78, 5) is 4.39. The Morgan fingerprint density at radius 3 is 2.61 bits per heavy atom. The van der Waals surface area contributed by atoms with Gasteiger partial charge in [0.15, 0.2) is 0 Å². The molecule has 1 aromatic heterocycles. The number of benzene rings is 1. The minimum absolute atomic E-state index is 0.822. The zero-order valence-electron chi connectivity index (χ0n) is 10.6. The van der Waals surface area contributed by atoms with Gasteiger partial charge in [-0.25, -0.2) is 4.98 Å². The number of allylic oxidation sites excluding steroid dienone is 1. The number of nitrogens with zero attached hydrogens (tertiary/aromatic N) is 1. The molecule has 0 aliphatic carbocycles. The van der Waals surface area contributed by atoms with Crippen LogP contribution >= 0.6 is 0 Å². The van der Waals surface area contributed by atoms with E-state index in [1.165, 1.54) is 0 Å². The Bertz CT molecular complexity index is 613. The molecule has 0 bridgehead atoms. The largest absolute Gasteiger partial charge is 0.247 e. The van der Waals surface area contributed by atoms with Crippen molar-refractivity contribution in [2.75, 3.05) is 0 Å². The molecule has 0 radical (unpaired) electrons. The standard InChI is InChI=1S/C17H15N/c1-3-7-16-12-14(2)13-18-17(16)11-10-15-8-5-4-6-9-15/h3-9,12-13H,1-2H3/b7-3-. The molecular weight excluding hydrogens is 218 g/mol. The number of hydrogen-bond donors (Lipinski definition) is 0. The second-order valence-electron chi connectivity index (χ2n) is 4.07. The van der Waals surface area contributed by atoms with E-state index in [4.69, 9.17) is 0 Å². The quantitative estimate of drug-likeness (QED) is 0.682. The van der Waals surface area contributed by atoms with Crippen LogP contribution in [0.3, 0.4) is 0 Å². The van der Waals surface area contributed by atoms with E-state index in [9.17, 15) is 0 Å². The van der Waals surface area contributed by atoms with Crippen LogP contribution in [0.15, 0.2) is 48.7 Å². The van der Waals surface area contributed by atoms with Crippen LogP contribution < -0.4 is 0 Å². The van der Waals surface area contributed by atoms with Gasteiger partial charge >= 0.3 is 0 Å². The van der Waals surface area contributed by atoms with Crippen LogP contribution in [0.1, 0.15) is 29.3 Å². The van der Waals surface area contributed by atoms with Gasteiger partial charge in [0.05, 0.1) is 0 Å². The van der Waals surface area contributed by atoms with E-state index in [0.717, 1.165) is 22.4 Å². The van der Waals surface area contributed by atoms with E-state index in [1.807, 2.05) is 62.5 Å². The highest BCUT2D eigenvalue weighted by Gasteiger charge is 1.97. The van der Waals surface area contributed by atoms with E-state index < -0.39 is 0 Å². The van der Waals surface area contributed by atoms with Crippen molar-refractivity contribution >= 4 is 6.08 Å². The predicted molar refractivity (Wildman–Crippen MR) is 76.1 cm³/mol. The molecule has 0 unspecified atom stereocenters. The lowest BCUT2D eigenvalue weighted by molar-refractivity contribution is 1.23. The summed E-state index contributed by atoms with van der Waals surface area (Å²) in [5, 5.41) is 0. The van der Waals surface area contributed by atoms with E-state index >= 15 is 0 Å². The van der Waals surface area contributed by atoms with Crippen molar-refractivity contribution in [1.82, 2.24) is 4.98 Å². The second-order valence-corrected chi connectivity index (χ2v) is 4.07. The molecule has 0 saturated carbocycles. The van der Waals surface area contributed by atoms with Crippen LogP contribution in [-0.2, 0) is 0 Å². The molecule has 0 fully saturated rings. The summed E-state index contributed by atoms with van der Waals surface area (Å²) in [5.41, 5.74) is 4.04. The first-order valence-corrected chi connectivity index (χ1v) is 5.96. The fraction of sp³-hybridized carbons (Fsp3) is 0.118. The number of rotatable bonds is 1. The SMILES string of the molecule is C/C=C\c1cc(C)cnc1C#Cc1ccccc1. The topological polar surface area (TPSA) is 12.9 Å². The Balaban J connectivity index is 2.38. The summed E-state index contributed by atoms with van der Waals surface area (Å²) < 4.78 is 0. The van der Waals surface area contributed by atoms with Crippen LogP contribution in [0, 0.1) is 18.8 Å². The third kappa shape index (κ3) is 3.09. The summed E-state index contributed by atoms with van der Waals surface area (Å²) in [7, 11) is 0. The van der Waals surface area contributed by atoms with Crippen LogP contribution in [0.5, 0.6) is 0 Å². The Labute approximate surface area is 108 Å². The molecule has 0 N–H and O–H groups in total. The van der Waals surface area contributed by atoms with Gasteiger partial charge < -0.3 is 0 Å². The summed E-state index contributed by atoms with van der Waals surface area (Å²) >= 11 is 0. The Hall–Kier alpha value is -2.33. The average Bonchev–Trinajstić information content (AvgIpc) is 2.39. The van der Waals surface area contributed by atoms with Crippen molar-refractivity contribution in [3.63, 3.8) is 0 Å². The molecule has 1 aromatic carbocycles. The maximum Gasteiger partial charge on any atom is 0.120 e. The van der Waals surface area contributed by atoms with Crippen molar-refractivity contribution < 1.29 is 0 Å². The lowest BCUT2D eigenvalue weighted by atomic mass is 10.1. The van der Waals surface area contributed by atoms with Gasteiger partial charge in [-0.05, 0) is 43.5 Å². The number of pyridine rings is 1. The summed E-state index contributed by atoms with van der Waals surface area (Å²) in [6.45, 7) is 4.03. The van der Waals surface area contributed by atoms with Crippen molar-refractivity contribution in [3.8, 4) is 11.8 Å². The lowest BCUT2D eigenvalue weighted by Gasteiger charge is -1.99. The van der Waals surface area contributed by atoms with Gasteiger partial charge in [0.2, 0.25) is 0 Å². The molecule has 0 amide bonds. The number of aromatic nitrogens is 1. The van der Waals surface area contributed by atoms with E-state index in [-0.39, 0.29) is 0 Å². The van der Waals surface area contributed by atoms with Gasteiger partial charge in [0.1, 0.15) is 5.69 Å². The van der Waals surface area contributed by atoms with Crippen LogP contribution in [0.4, 0.5) is 0 Å². The van der Waals surface area contributed by atoms with Gasteiger partial charge in [-0.15, -0.1) is 0 Å². The van der Waals surface area contributed by atoms with Crippen molar-refractivity contribution in [2.45, 2.75) is 13.8 Å². The molecule has 0 aliphatic rings. The minimum Gasteiger partial charge on any atom is -0.247 e. The highest BCUT2D eigenvalue weighted by atomic mass is 14.7. The molecule has 1 heterocycles. The van der Waals surface area contributed by atoms with Gasteiger partial charge in [-0.2, -0.15) is 0 Å². The Morgan fingerprint density at radius 1 is 1.11 bits per heavy atom. The zero-order valence-corrected chi connectivity index (χ0v) is 10.6. The minimum atomic E-state index is 0.822. The van der Waals surface area contributed by atoms with Crippen molar-refractivity contribution in [2.24, 2.45) is 0 Å². The highest BCUT2D eigenvalue weighted by molar-refractivity contribution is 5.58. The third-order valence-corrected chi connectivity index (χ3v) is 2.50. The fourth-order valence-electron chi connectivity index (χ4n) is 1.66. The number of aryl methyl sites for hydroxylation is 1. The number of hydrogen-bond acceptors (Lipinski definition) is 1. The van der Waals surface area contributed by atoms with Gasteiger partial charge in [0.25, 0.3) is 0 Å². The normalized spacial score (nSPS) is 10.1. The Morgan fingerprint density at radius 2 is 1.89 bits per heavy atom. The first-order chi connectivity index (χ1) is 8.79. The van der Waals surface area contributed by atoms with Crippen LogP contribution in [0.25, 0.3) is 6.08 Å². The zero-order chi connectivity index (χ0) is 12.8. The first-order valence-electron chi connectivity index (χ1n) is 5.96. The third-order valence-electron chi connectivity index (χ3n) is 2.50. The van der Waals surface area contributed by atoms with Crippen LogP contribution in [-0.4, -0.2) is 4.98 Å². The van der Waals surface area contributed by atoms with Gasteiger partial charge in [-0.1, -0.05) is 36.3 Å². The molecule has 2 rings (SSSR count). The van der Waals surface area contributed by atoms with Crippen molar-refractivity contribution in [1.29, 1.82) is 0 Å². The lowest BCUT2D eigenvalue weighted by Crippen LogP contribution is -1.89. The maximum atomic E-state index is 4.39. The summed E-state index contributed by atoms with van der Waals surface area (Å²) in [6, 6.07) is 12.1. The molecule has 0 atom stereocenters. The monoisotopic (exact) mass is 233 g/mol. The molecule has 0 aliphatic heterocycles. The van der Waals surface area contributed by atoms with Crippen molar-refractivity contribution in [3.05, 3.63) is 71.1 Å². The molecule has 2 aromatic rings. The Kier molecular flexibility index (Phi) is 3.94. The molecule has 0 saturated heterocycles. The van der Waals surface area contributed by atoms with E-state index in [0.29, 0.717) is 0 Å². The predicted octanol–water partition coefficient (Wildman–Crippen LogP) is 3.82. The molecule has 0 spiro atoms. The average molecular weight is 233 g/mol. The highest BCUT2D eigenvalue weighted by Crippen LogP contribution is 2.10. The smallest absolute Gasteiger partial charge is 0.120 e. The summed E-state index contributed by atoms with van der Waals surface area (Å²) in [5.74, 6) is 6.26. The van der Waals surface area contributed by atoms with E-state index in [1.54, 1.807) is 0 Å². The van der Waals surface area contributed by atoms with Crippen LogP contribution in [0.2, 0.25) is 0 Å². The fourth-order valence-corrected chi connectivity index (χ4v) is 1.66. The second kappa shape index (κ2) is 5.84. The summed E-state index contributed by atoms with van der Waals surface area (Å²) in [6.07, 6.45) is 5.89. The van der Waals surface area contributed by atoms with E-state index in [2.05, 4.69) is 22.9 Å². The molecule has 1 heteroatoms. The van der Waals surface area contributed by atoms with Gasteiger partial charge in [-0.3, -0.25) is 0 Å². The molecular formula is C17H15N. The maximum absolute atomic E-state index is 4.39. The first kappa shape index (κ1) is 12.1. The van der Waals surface area contributed by atoms with Gasteiger partial charge in [0, 0.05) is 17.3 Å². The molecule has 18 heavy (non-hydrogen) atoms.